The molecule has 1 fully saturated rings. The van der Waals surface area contributed by atoms with E-state index in [9.17, 15) is 18.8 Å². The van der Waals surface area contributed by atoms with E-state index in [0.717, 1.165) is 12.1 Å². The SMILES string of the molecule is O=C(c1ccc[n+]([O-])c1)N1CCSC(c2cc(F)ccc2F)CC1. The zero-order valence-corrected chi connectivity index (χ0v) is 13.6. The van der Waals surface area contributed by atoms with Gasteiger partial charge in [0.15, 0.2) is 12.4 Å². The Morgan fingerprint density at radius 3 is 2.92 bits per heavy atom. The Balaban J connectivity index is 1.73. The Bertz CT molecular complexity index is 757. The number of thioether (sulfide) groups is 1. The van der Waals surface area contributed by atoms with Crippen LogP contribution in [0.2, 0.25) is 0 Å². The highest BCUT2D eigenvalue weighted by Gasteiger charge is 2.25. The quantitative estimate of drug-likeness (QED) is 0.618. The van der Waals surface area contributed by atoms with Crippen LogP contribution in [0, 0.1) is 16.8 Å². The van der Waals surface area contributed by atoms with Gasteiger partial charge in [-0.3, -0.25) is 4.79 Å². The van der Waals surface area contributed by atoms with Gasteiger partial charge < -0.3 is 10.1 Å². The highest BCUT2D eigenvalue weighted by molar-refractivity contribution is 7.99. The lowest BCUT2D eigenvalue weighted by Crippen LogP contribution is -2.35. The number of aromatic nitrogens is 1. The van der Waals surface area contributed by atoms with Crippen molar-refractivity contribution in [2.24, 2.45) is 0 Å². The van der Waals surface area contributed by atoms with Crippen molar-refractivity contribution in [3.8, 4) is 0 Å². The van der Waals surface area contributed by atoms with Crippen LogP contribution in [-0.4, -0.2) is 29.6 Å². The monoisotopic (exact) mass is 350 g/mol. The van der Waals surface area contributed by atoms with E-state index in [-0.39, 0.29) is 11.2 Å². The molecule has 1 aliphatic rings. The Morgan fingerprint density at radius 1 is 1.29 bits per heavy atom. The minimum atomic E-state index is -0.464. The number of carbonyl (C=O) groups excluding carboxylic acids is 1. The molecule has 1 saturated heterocycles. The maximum atomic E-state index is 14.0. The van der Waals surface area contributed by atoms with Crippen molar-refractivity contribution in [2.45, 2.75) is 11.7 Å². The van der Waals surface area contributed by atoms with E-state index in [2.05, 4.69) is 0 Å². The minimum absolute atomic E-state index is 0.196. The first-order chi connectivity index (χ1) is 11.5. The van der Waals surface area contributed by atoms with Gasteiger partial charge in [-0.15, -0.1) is 0 Å². The molecule has 24 heavy (non-hydrogen) atoms. The first kappa shape index (κ1) is 16.7. The fourth-order valence-electron chi connectivity index (χ4n) is 2.75. The summed E-state index contributed by atoms with van der Waals surface area (Å²) < 4.78 is 27.9. The minimum Gasteiger partial charge on any atom is -0.619 e. The van der Waals surface area contributed by atoms with Crippen molar-refractivity contribution < 1.29 is 18.3 Å². The summed E-state index contributed by atoms with van der Waals surface area (Å²) in [5, 5.41) is 11.1. The number of benzene rings is 1. The molecule has 0 bridgehead atoms. The number of carbonyl (C=O) groups is 1. The largest absolute Gasteiger partial charge is 0.619 e. The molecule has 1 atom stereocenters. The maximum Gasteiger partial charge on any atom is 0.259 e. The van der Waals surface area contributed by atoms with E-state index in [1.165, 1.54) is 36.3 Å². The van der Waals surface area contributed by atoms with Crippen molar-refractivity contribution in [1.29, 1.82) is 0 Å². The van der Waals surface area contributed by atoms with Gasteiger partial charge in [-0.05, 0) is 30.7 Å². The Kier molecular flexibility index (Phi) is 4.99. The highest BCUT2D eigenvalue weighted by atomic mass is 32.2. The second-order valence-electron chi connectivity index (χ2n) is 5.56. The second kappa shape index (κ2) is 7.17. The van der Waals surface area contributed by atoms with Crippen LogP contribution in [0.1, 0.15) is 27.6 Å². The molecule has 0 saturated carbocycles. The Morgan fingerprint density at radius 2 is 2.12 bits per heavy atom. The molecular weight excluding hydrogens is 334 g/mol. The number of pyridine rings is 1. The van der Waals surface area contributed by atoms with E-state index in [0.29, 0.717) is 41.1 Å². The fraction of sp³-hybridized carbons (Fsp3) is 0.294. The third-order valence-electron chi connectivity index (χ3n) is 3.96. The molecule has 3 rings (SSSR count). The molecular formula is C17H16F2N2O2S. The van der Waals surface area contributed by atoms with Gasteiger partial charge in [0.2, 0.25) is 0 Å². The first-order valence-electron chi connectivity index (χ1n) is 7.59. The highest BCUT2D eigenvalue weighted by Crippen LogP contribution is 2.36. The smallest absolute Gasteiger partial charge is 0.259 e. The average Bonchev–Trinajstić information content (AvgIpc) is 2.82. The van der Waals surface area contributed by atoms with Crippen LogP contribution in [-0.2, 0) is 0 Å². The Labute approximate surface area is 142 Å². The predicted octanol–water partition coefficient (Wildman–Crippen LogP) is 2.92. The topological polar surface area (TPSA) is 47.2 Å². The molecule has 2 heterocycles. The molecule has 1 aromatic heterocycles. The van der Waals surface area contributed by atoms with Crippen molar-refractivity contribution in [3.63, 3.8) is 0 Å². The molecule has 1 amide bonds. The summed E-state index contributed by atoms with van der Waals surface area (Å²) in [5.41, 5.74) is 0.666. The molecule has 1 aromatic carbocycles. The van der Waals surface area contributed by atoms with Crippen LogP contribution in [0.4, 0.5) is 8.78 Å². The number of hydrogen-bond donors (Lipinski definition) is 0. The van der Waals surface area contributed by atoms with E-state index in [1.54, 1.807) is 11.0 Å². The number of nitrogens with zero attached hydrogens (tertiary/aromatic N) is 2. The lowest BCUT2D eigenvalue weighted by atomic mass is 10.1. The normalized spacial score (nSPS) is 18.2. The summed E-state index contributed by atoms with van der Waals surface area (Å²) >= 11 is 1.51. The summed E-state index contributed by atoms with van der Waals surface area (Å²) in [4.78, 5) is 14.2. The van der Waals surface area contributed by atoms with Gasteiger partial charge in [-0.25, -0.2) is 8.78 Å². The van der Waals surface area contributed by atoms with E-state index < -0.39 is 11.6 Å². The molecule has 1 unspecified atom stereocenters. The second-order valence-corrected chi connectivity index (χ2v) is 6.87. The molecule has 2 aromatic rings. The third-order valence-corrected chi connectivity index (χ3v) is 5.27. The van der Waals surface area contributed by atoms with Crippen LogP contribution in [0.5, 0.6) is 0 Å². The van der Waals surface area contributed by atoms with Gasteiger partial charge in [0.05, 0.1) is 0 Å². The zero-order valence-electron chi connectivity index (χ0n) is 12.8. The molecule has 0 N–H and O–H groups in total. The van der Waals surface area contributed by atoms with Gasteiger partial charge in [0, 0.05) is 35.7 Å². The van der Waals surface area contributed by atoms with Crippen LogP contribution in [0.3, 0.4) is 0 Å². The van der Waals surface area contributed by atoms with Crippen molar-refractivity contribution in [3.05, 3.63) is 70.7 Å². The van der Waals surface area contributed by atoms with Crippen molar-refractivity contribution in [2.75, 3.05) is 18.8 Å². The average molecular weight is 350 g/mol. The van der Waals surface area contributed by atoms with E-state index in [1.807, 2.05) is 0 Å². The van der Waals surface area contributed by atoms with Gasteiger partial charge in [-0.2, -0.15) is 16.5 Å². The van der Waals surface area contributed by atoms with Gasteiger partial charge in [0.25, 0.3) is 5.91 Å². The Hall–Kier alpha value is -2.15. The molecule has 126 valence electrons. The molecule has 7 heteroatoms. The first-order valence-corrected chi connectivity index (χ1v) is 8.64. The number of rotatable bonds is 2. The zero-order chi connectivity index (χ0) is 17.1. The fourth-order valence-corrected chi connectivity index (χ4v) is 3.99. The standard InChI is InChI=1S/C17H16F2N2O2S/c18-13-3-4-15(19)14(10-13)16-5-7-20(8-9-24-16)17(22)12-2-1-6-21(23)11-12/h1-4,6,10-11,16H,5,7-9H2. The van der Waals surface area contributed by atoms with Gasteiger partial charge in [0.1, 0.15) is 17.2 Å². The van der Waals surface area contributed by atoms with Crippen LogP contribution >= 0.6 is 11.8 Å². The van der Waals surface area contributed by atoms with Crippen LogP contribution < -0.4 is 4.73 Å². The molecule has 0 spiro atoms. The van der Waals surface area contributed by atoms with Crippen molar-refractivity contribution >= 4 is 17.7 Å². The van der Waals surface area contributed by atoms with Crippen LogP contribution in [0.15, 0.2) is 42.7 Å². The summed E-state index contributed by atoms with van der Waals surface area (Å²) in [5.74, 6) is -0.491. The number of amides is 1. The third kappa shape index (κ3) is 3.67. The predicted molar refractivity (Wildman–Crippen MR) is 87.5 cm³/mol. The number of halogens is 2. The lowest BCUT2D eigenvalue weighted by Gasteiger charge is -2.20. The van der Waals surface area contributed by atoms with E-state index in [4.69, 9.17) is 0 Å². The van der Waals surface area contributed by atoms with Gasteiger partial charge >= 0.3 is 0 Å². The van der Waals surface area contributed by atoms with E-state index >= 15 is 0 Å². The maximum absolute atomic E-state index is 14.0. The molecule has 4 nitrogen and oxygen atoms in total. The van der Waals surface area contributed by atoms with Gasteiger partial charge in [-0.1, -0.05) is 0 Å². The number of hydrogen-bond acceptors (Lipinski definition) is 3. The van der Waals surface area contributed by atoms with Crippen LogP contribution in [0.25, 0.3) is 0 Å². The summed E-state index contributed by atoms with van der Waals surface area (Å²) in [6.07, 6.45) is 3.09. The molecule has 0 radical (unpaired) electrons. The van der Waals surface area contributed by atoms with Crippen molar-refractivity contribution in [1.82, 2.24) is 4.90 Å². The summed E-state index contributed by atoms with van der Waals surface area (Å²) in [6.45, 7) is 0.935. The summed E-state index contributed by atoms with van der Waals surface area (Å²) in [6, 6.07) is 6.58. The molecule has 0 aliphatic carbocycles. The summed E-state index contributed by atoms with van der Waals surface area (Å²) in [7, 11) is 0. The molecule has 1 aliphatic heterocycles. The lowest BCUT2D eigenvalue weighted by molar-refractivity contribution is -0.605.